The van der Waals surface area contributed by atoms with Gasteiger partial charge < -0.3 is 10.6 Å². The number of aryl methyl sites for hydroxylation is 2. The van der Waals surface area contributed by atoms with Crippen molar-refractivity contribution in [1.29, 1.82) is 0 Å². The van der Waals surface area contributed by atoms with E-state index in [0.717, 1.165) is 16.3 Å². The Morgan fingerprint density at radius 1 is 1.08 bits per heavy atom. The average Bonchev–Trinajstić information content (AvgIpc) is 2.83. The van der Waals surface area contributed by atoms with Gasteiger partial charge in [-0.3, -0.25) is 10.2 Å². The van der Waals surface area contributed by atoms with E-state index < -0.39 is 17.5 Å². The Balaban J connectivity index is 1.73. The predicted molar refractivity (Wildman–Crippen MR) is 104 cm³/mol. The predicted octanol–water partition coefficient (Wildman–Crippen LogP) is 2.97. The standard InChI is InChI=1S/C19H20N4O2S/c1-12-9-10-15(11-13(12)2)20-17(26)22-23-16(24)19(3,21-18(23)25)14-7-5-4-6-8-14/h4-11H,1-3H3,(H,21,25)(H2,20,22,26)/t19-/m0/s1. The molecule has 0 aromatic heterocycles. The summed E-state index contributed by atoms with van der Waals surface area (Å²) in [5.74, 6) is -0.419. The van der Waals surface area contributed by atoms with Crippen molar-refractivity contribution in [2.45, 2.75) is 26.3 Å². The van der Waals surface area contributed by atoms with Crippen molar-refractivity contribution in [3.63, 3.8) is 0 Å². The molecule has 1 fully saturated rings. The summed E-state index contributed by atoms with van der Waals surface area (Å²) in [5, 5.41) is 6.78. The van der Waals surface area contributed by atoms with Gasteiger partial charge in [-0.25, -0.2) is 4.79 Å². The maximum Gasteiger partial charge on any atom is 0.344 e. The van der Waals surface area contributed by atoms with Crippen molar-refractivity contribution >= 4 is 35.0 Å². The lowest BCUT2D eigenvalue weighted by atomic mass is 9.92. The van der Waals surface area contributed by atoms with Gasteiger partial charge in [0.15, 0.2) is 5.11 Å². The molecule has 0 unspecified atom stereocenters. The number of rotatable bonds is 3. The van der Waals surface area contributed by atoms with Crippen LogP contribution in [-0.2, 0) is 10.3 Å². The van der Waals surface area contributed by atoms with Crippen molar-refractivity contribution in [3.8, 4) is 0 Å². The van der Waals surface area contributed by atoms with E-state index in [1.807, 2.05) is 50.2 Å². The molecule has 3 rings (SSSR count). The van der Waals surface area contributed by atoms with E-state index >= 15 is 0 Å². The Kier molecular flexibility index (Phi) is 4.65. The van der Waals surface area contributed by atoms with Gasteiger partial charge in [-0.05, 0) is 61.8 Å². The first-order valence-electron chi connectivity index (χ1n) is 8.18. The summed E-state index contributed by atoms with van der Waals surface area (Å²) in [5.41, 5.74) is 5.31. The summed E-state index contributed by atoms with van der Waals surface area (Å²) in [7, 11) is 0. The second-order valence-corrected chi connectivity index (χ2v) is 6.83. The molecule has 0 aliphatic carbocycles. The zero-order valence-corrected chi connectivity index (χ0v) is 15.6. The third kappa shape index (κ3) is 3.25. The number of urea groups is 1. The van der Waals surface area contributed by atoms with Crippen molar-refractivity contribution in [1.82, 2.24) is 15.8 Å². The Hall–Kier alpha value is -2.93. The van der Waals surface area contributed by atoms with Crippen LogP contribution < -0.4 is 16.1 Å². The first kappa shape index (κ1) is 17.9. The Labute approximate surface area is 157 Å². The molecule has 1 heterocycles. The van der Waals surface area contributed by atoms with Crippen molar-refractivity contribution in [2.24, 2.45) is 0 Å². The van der Waals surface area contributed by atoms with E-state index in [4.69, 9.17) is 12.2 Å². The monoisotopic (exact) mass is 368 g/mol. The second kappa shape index (κ2) is 6.76. The van der Waals surface area contributed by atoms with Gasteiger partial charge in [0, 0.05) is 5.69 Å². The third-order valence-corrected chi connectivity index (χ3v) is 4.71. The van der Waals surface area contributed by atoms with E-state index in [1.165, 1.54) is 5.56 Å². The molecule has 1 atom stereocenters. The highest BCUT2D eigenvalue weighted by Crippen LogP contribution is 2.27. The average molecular weight is 368 g/mol. The fourth-order valence-electron chi connectivity index (χ4n) is 2.79. The third-order valence-electron chi connectivity index (χ3n) is 4.52. The van der Waals surface area contributed by atoms with Gasteiger partial charge in [-0.2, -0.15) is 5.01 Å². The maximum absolute atomic E-state index is 12.8. The fourth-order valence-corrected chi connectivity index (χ4v) is 3.00. The number of thiocarbonyl (C=S) groups is 1. The lowest BCUT2D eigenvalue weighted by Crippen LogP contribution is -2.49. The van der Waals surface area contributed by atoms with Crippen LogP contribution in [0.25, 0.3) is 0 Å². The molecule has 3 N–H and O–H groups in total. The fraction of sp³-hybridized carbons (Fsp3) is 0.211. The largest absolute Gasteiger partial charge is 0.344 e. The summed E-state index contributed by atoms with van der Waals surface area (Å²) in [4.78, 5) is 25.1. The van der Waals surface area contributed by atoms with Gasteiger partial charge in [0.2, 0.25) is 0 Å². The van der Waals surface area contributed by atoms with Gasteiger partial charge in [-0.15, -0.1) is 0 Å². The molecule has 0 saturated carbocycles. The Morgan fingerprint density at radius 2 is 1.77 bits per heavy atom. The molecule has 1 saturated heterocycles. The highest BCUT2D eigenvalue weighted by Gasteiger charge is 2.49. The van der Waals surface area contributed by atoms with Crippen LogP contribution in [0.3, 0.4) is 0 Å². The minimum atomic E-state index is -1.14. The van der Waals surface area contributed by atoms with Crippen LogP contribution in [0.15, 0.2) is 48.5 Å². The van der Waals surface area contributed by atoms with Crippen molar-refractivity contribution in [3.05, 3.63) is 65.2 Å². The number of hydrogen-bond donors (Lipinski definition) is 3. The topological polar surface area (TPSA) is 73.5 Å². The van der Waals surface area contributed by atoms with E-state index in [-0.39, 0.29) is 5.11 Å². The number of carbonyl (C=O) groups excluding carboxylic acids is 2. The highest BCUT2D eigenvalue weighted by molar-refractivity contribution is 7.80. The van der Waals surface area contributed by atoms with Crippen molar-refractivity contribution in [2.75, 3.05) is 5.32 Å². The number of hydrogen-bond acceptors (Lipinski definition) is 3. The molecule has 3 amide bonds. The lowest BCUT2D eigenvalue weighted by molar-refractivity contribution is -0.132. The molecule has 1 aliphatic rings. The van der Waals surface area contributed by atoms with Crippen LogP contribution in [0.2, 0.25) is 0 Å². The lowest BCUT2D eigenvalue weighted by Gasteiger charge is -2.22. The first-order valence-corrected chi connectivity index (χ1v) is 8.59. The maximum atomic E-state index is 12.8. The minimum Gasteiger partial charge on any atom is -0.331 e. The summed E-state index contributed by atoms with van der Waals surface area (Å²) in [6, 6.07) is 14.3. The second-order valence-electron chi connectivity index (χ2n) is 6.43. The molecule has 2 aromatic carbocycles. The van der Waals surface area contributed by atoms with Crippen LogP contribution in [0.4, 0.5) is 10.5 Å². The van der Waals surface area contributed by atoms with E-state index in [9.17, 15) is 9.59 Å². The van der Waals surface area contributed by atoms with E-state index in [2.05, 4.69) is 16.1 Å². The number of carbonyl (C=O) groups is 2. The molecule has 1 aliphatic heterocycles. The molecule has 26 heavy (non-hydrogen) atoms. The quantitative estimate of drug-likeness (QED) is 0.574. The van der Waals surface area contributed by atoms with E-state index in [0.29, 0.717) is 5.56 Å². The first-order chi connectivity index (χ1) is 12.3. The van der Waals surface area contributed by atoms with Gasteiger partial charge in [-0.1, -0.05) is 36.4 Å². The Morgan fingerprint density at radius 3 is 2.42 bits per heavy atom. The molecule has 6 nitrogen and oxygen atoms in total. The molecular weight excluding hydrogens is 348 g/mol. The Bertz CT molecular complexity index is 884. The number of anilines is 1. The number of imide groups is 1. The smallest absolute Gasteiger partial charge is 0.331 e. The van der Waals surface area contributed by atoms with Gasteiger partial charge in [0.25, 0.3) is 5.91 Å². The molecule has 2 aromatic rings. The SMILES string of the molecule is Cc1ccc(NC(=S)NN2C(=O)N[C@@](C)(c3ccccc3)C2=O)cc1C. The van der Waals surface area contributed by atoms with Gasteiger partial charge in [0.05, 0.1) is 0 Å². The van der Waals surface area contributed by atoms with E-state index in [1.54, 1.807) is 19.1 Å². The molecule has 0 bridgehead atoms. The van der Waals surface area contributed by atoms with Gasteiger partial charge in [0.1, 0.15) is 5.54 Å². The summed E-state index contributed by atoms with van der Waals surface area (Å²) in [6.45, 7) is 5.69. The number of hydrazine groups is 1. The van der Waals surface area contributed by atoms with Crippen LogP contribution in [-0.4, -0.2) is 22.1 Å². The number of nitrogens with zero attached hydrogens (tertiary/aromatic N) is 1. The zero-order chi connectivity index (χ0) is 18.9. The molecular formula is C19H20N4O2S. The number of benzene rings is 2. The van der Waals surface area contributed by atoms with Crippen LogP contribution >= 0.6 is 12.2 Å². The number of nitrogens with one attached hydrogen (secondary N) is 3. The summed E-state index contributed by atoms with van der Waals surface area (Å²) in [6.07, 6.45) is 0. The number of amides is 3. The zero-order valence-electron chi connectivity index (χ0n) is 14.8. The normalized spacial score (nSPS) is 19.3. The van der Waals surface area contributed by atoms with Crippen LogP contribution in [0, 0.1) is 13.8 Å². The molecule has 0 radical (unpaired) electrons. The van der Waals surface area contributed by atoms with Gasteiger partial charge >= 0.3 is 6.03 Å². The summed E-state index contributed by atoms with van der Waals surface area (Å²) >= 11 is 5.25. The molecule has 134 valence electrons. The van der Waals surface area contributed by atoms with Crippen LogP contribution in [0.1, 0.15) is 23.6 Å². The van der Waals surface area contributed by atoms with Crippen LogP contribution in [0.5, 0.6) is 0 Å². The highest BCUT2D eigenvalue weighted by atomic mass is 32.1. The van der Waals surface area contributed by atoms with Crippen molar-refractivity contribution < 1.29 is 9.59 Å². The molecule has 7 heteroatoms. The summed E-state index contributed by atoms with van der Waals surface area (Å²) < 4.78 is 0. The molecule has 0 spiro atoms. The minimum absolute atomic E-state index is 0.161.